The van der Waals surface area contributed by atoms with Crippen LogP contribution in [0.1, 0.15) is 40.0 Å². The monoisotopic (exact) mass is 256 g/mol. The van der Waals surface area contributed by atoms with Crippen molar-refractivity contribution < 1.29 is 0 Å². The number of aromatic nitrogens is 1. The minimum Gasteiger partial charge on any atom is -0.368 e. The molecule has 0 fully saturated rings. The first-order valence-corrected chi connectivity index (χ1v) is 7.27. The predicted octanol–water partition coefficient (Wildman–Crippen LogP) is 4.86. The Labute approximate surface area is 116 Å². The van der Waals surface area contributed by atoms with Crippen molar-refractivity contribution in [2.75, 3.05) is 5.32 Å². The van der Waals surface area contributed by atoms with Gasteiger partial charge in [0.1, 0.15) is 5.82 Å². The third-order valence-corrected chi connectivity index (χ3v) is 3.41. The maximum atomic E-state index is 4.65. The first kappa shape index (κ1) is 13.9. The Morgan fingerprint density at radius 1 is 1.00 bits per heavy atom. The summed E-state index contributed by atoms with van der Waals surface area (Å²) in [6, 6.07) is 12.9. The molecule has 0 spiro atoms. The fourth-order valence-corrected chi connectivity index (χ4v) is 2.30. The molecule has 0 bridgehead atoms. The largest absolute Gasteiger partial charge is 0.368 e. The molecular formula is C17H24N2. The maximum absolute atomic E-state index is 4.65. The SMILES string of the molecule is CC(C)CCCC(C)Nc1ccc2ccccc2n1. The number of fused-ring (bicyclic) bond motifs is 1. The molecule has 0 aliphatic heterocycles. The third kappa shape index (κ3) is 4.23. The summed E-state index contributed by atoms with van der Waals surface area (Å²) >= 11 is 0. The van der Waals surface area contributed by atoms with Crippen molar-refractivity contribution in [2.24, 2.45) is 5.92 Å². The zero-order chi connectivity index (χ0) is 13.7. The minimum absolute atomic E-state index is 0.479. The summed E-state index contributed by atoms with van der Waals surface area (Å²) in [4.78, 5) is 4.65. The summed E-state index contributed by atoms with van der Waals surface area (Å²) in [5.41, 5.74) is 1.06. The molecule has 1 aromatic carbocycles. The first-order chi connectivity index (χ1) is 9.15. The van der Waals surface area contributed by atoms with Crippen LogP contribution in [0.25, 0.3) is 10.9 Å². The summed E-state index contributed by atoms with van der Waals surface area (Å²) < 4.78 is 0. The van der Waals surface area contributed by atoms with E-state index in [9.17, 15) is 0 Å². The van der Waals surface area contributed by atoms with Crippen LogP contribution in [0.15, 0.2) is 36.4 Å². The summed E-state index contributed by atoms with van der Waals surface area (Å²) in [6.07, 6.45) is 3.78. The van der Waals surface area contributed by atoms with Gasteiger partial charge in [0, 0.05) is 11.4 Å². The topological polar surface area (TPSA) is 24.9 Å². The van der Waals surface area contributed by atoms with Gasteiger partial charge in [0.15, 0.2) is 0 Å². The molecule has 2 heteroatoms. The van der Waals surface area contributed by atoms with Gasteiger partial charge in [0.2, 0.25) is 0 Å². The average Bonchev–Trinajstić information content (AvgIpc) is 2.38. The Balaban J connectivity index is 1.93. The van der Waals surface area contributed by atoms with Gasteiger partial charge in [-0.3, -0.25) is 0 Å². The van der Waals surface area contributed by atoms with Gasteiger partial charge < -0.3 is 5.32 Å². The molecule has 0 aliphatic carbocycles. The van der Waals surface area contributed by atoms with Crippen LogP contribution in [0.4, 0.5) is 5.82 Å². The Morgan fingerprint density at radius 3 is 2.58 bits per heavy atom. The fraction of sp³-hybridized carbons (Fsp3) is 0.471. The van der Waals surface area contributed by atoms with Crippen LogP contribution in [-0.4, -0.2) is 11.0 Å². The number of benzene rings is 1. The molecule has 0 saturated heterocycles. The molecule has 2 rings (SSSR count). The lowest BCUT2D eigenvalue weighted by Gasteiger charge is -2.15. The molecule has 1 atom stereocenters. The van der Waals surface area contributed by atoms with Crippen molar-refractivity contribution in [2.45, 2.75) is 46.1 Å². The standard InChI is InChI=1S/C17H24N2/c1-13(2)7-6-8-14(3)18-17-12-11-15-9-4-5-10-16(15)19-17/h4-5,9-14H,6-8H2,1-3H3,(H,18,19). The minimum atomic E-state index is 0.479. The van der Waals surface area contributed by atoms with E-state index in [1.54, 1.807) is 0 Å². The van der Waals surface area contributed by atoms with E-state index in [1.165, 1.54) is 24.6 Å². The highest BCUT2D eigenvalue weighted by Gasteiger charge is 2.04. The van der Waals surface area contributed by atoms with E-state index >= 15 is 0 Å². The molecule has 2 nitrogen and oxygen atoms in total. The van der Waals surface area contributed by atoms with Gasteiger partial charge in [-0.15, -0.1) is 0 Å². The van der Waals surface area contributed by atoms with Gasteiger partial charge in [-0.2, -0.15) is 0 Å². The quantitative estimate of drug-likeness (QED) is 0.798. The highest BCUT2D eigenvalue weighted by molar-refractivity contribution is 5.80. The van der Waals surface area contributed by atoms with Gasteiger partial charge in [-0.25, -0.2) is 4.98 Å². The van der Waals surface area contributed by atoms with E-state index in [4.69, 9.17) is 0 Å². The lowest BCUT2D eigenvalue weighted by atomic mass is 10.0. The van der Waals surface area contributed by atoms with Crippen molar-refractivity contribution in [1.29, 1.82) is 0 Å². The second kappa shape index (κ2) is 6.55. The molecule has 102 valence electrons. The molecule has 0 radical (unpaired) electrons. The van der Waals surface area contributed by atoms with Crippen LogP contribution >= 0.6 is 0 Å². The molecular weight excluding hydrogens is 232 g/mol. The van der Waals surface area contributed by atoms with Crippen LogP contribution in [0, 0.1) is 5.92 Å². The van der Waals surface area contributed by atoms with E-state index in [2.05, 4.69) is 55.3 Å². The molecule has 0 amide bonds. The lowest BCUT2D eigenvalue weighted by molar-refractivity contribution is 0.520. The molecule has 2 aromatic rings. The van der Waals surface area contributed by atoms with Gasteiger partial charge in [0.05, 0.1) is 5.52 Å². The Morgan fingerprint density at radius 2 is 1.79 bits per heavy atom. The van der Waals surface area contributed by atoms with Crippen LogP contribution in [0.2, 0.25) is 0 Å². The van der Waals surface area contributed by atoms with Crippen molar-refractivity contribution >= 4 is 16.7 Å². The molecule has 1 heterocycles. The number of nitrogens with zero attached hydrogens (tertiary/aromatic N) is 1. The van der Waals surface area contributed by atoms with Crippen LogP contribution in [0.5, 0.6) is 0 Å². The summed E-state index contributed by atoms with van der Waals surface area (Å²) in [6.45, 7) is 6.79. The van der Waals surface area contributed by atoms with Gasteiger partial charge in [-0.05, 0) is 37.5 Å². The normalized spacial score (nSPS) is 12.8. The van der Waals surface area contributed by atoms with Gasteiger partial charge >= 0.3 is 0 Å². The van der Waals surface area contributed by atoms with E-state index in [0.717, 1.165) is 17.3 Å². The fourth-order valence-electron chi connectivity index (χ4n) is 2.30. The molecule has 0 aliphatic rings. The Bertz CT molecular complexity index is 519. The number of anilines is 1. The number of nitrogens with one attached hydrogen (secondary N) is 1. The lowest BCUT2D eigenvalue weighted by Crippen LogP contribution is -2.16. The number of para-hydroxylation sites is 1. The van der Waals surface area contributed by atoms with E-state index in [-0.39, 0.29) is 0 Å². The van der Waals surface area contributed by atoms with Crippen molar-refractivity contribution in [1.82, 2.24) is 4.98 Å². The molecule has 1 aromatic heterocycles. The molecule has 19 heavy (non-hydrogen) atoms. The summed E-state index contributed by atoms with van der Waals surface area (Å²) in [7, 11) is 0. The Kier molecular flexibility index (Phi) is 4.78. The zero-order valence-electron chi connectivity index (χ0n) is 12.2. The third-order valence-electron chi connectivity index (χ3n) is 3.41. The second-order valence-corrected chi connectivity index (χ2v) is 5.76. The molecule has 1 N–H and O–H groups in total. The zero-order valence-corrected chi connectivity index (χ0v) is 12.2. The smallest absolute Gasteiger partial charge is 0.126 e. The first-order valence-electron chi connectivity index (χ1n) is 7.27. The predicted molar refractivity (Wildman–Crippen MR) is 83.5 cm³/mol. The van der Waals surface area contributed by atoms with Crippen molar-refractivity contribution in [3.05, 3.63) is 36.4 Å². The second-order valence-electron chi connectivity index (χ2n) is 5.76. The summed E-state index contributed by atoms with van der Waals surface area (Å²) in [5, 5.41) is 4.69. The van der Waals surface area contributed by atoms with E-state index in [0.29, 0.717) is 6.04 Å². The maximum Gasteiger partial charge on any atom is 0.126 e. The van der Waals surface area contributed by atoms with Crippen LogP contribution in [0.3, 0.4) is 0 Å². The number of rotatable bonds is 6. The van der Waals surface area contributed by atoms with Gasteiger partial charge in [0.25, 0.3) is 0 Å². The average molecular weight is 256 g/mol. The van der Waals surface area contributed by atoms with Gasteiger partial charge in [-0.1, -0.05) is 44.9 Å². The van der Waals surface area contributed by atoms with E-state index < -0.39 is 0 Å². The number of pyridine rings is 1. The number of hydrogen-bond acceptors (Lipinski definition) is 2. The van der Waals surface area contributed by atoms with E-state index in [1.807, 2.05) is 12.1 Å². The molecule has 0 saturated carbocycles. The number of hydrogen-bond donors (Lipinski definition) is 1. The van der Waals surface area contributed by atoms with Crippen LogP contribution < -0.4 is 5.32 Å². The highest BCUT2D eigenvalue weighted by Crippen LogP contribution is 2.16. The summed E-state index contributed by atoms with van der Waals surface area (Å²) in [5.74, 6) is 1.78. The van der Waals surface area contributed by atoms with Crippen molar-refractivity contribution in [3.63, 3.8) is 0 Å². The highest BCUT2D eigenvalue weighted by atomic mass is 15.0. The molecule has 1 unspecified atom stereocenters. The van der Waals surface area contributed by atoms with Crippen LogP contribution in [-0.2, 0) is 0 Å². The van der Waals surface area contributed by atoms with Crippen molar-refractivity contribution in [3.8, 4) is 0 Å². The Hall–Kier alpha value is -1.57.